The maximum Gasteiger partial charge on any atom is 0.327 e. The summed E-state index contributed by atoms with van der Waals surface area (Å²) < 4.78 is 11.8. The maximum absolute atomic E-state index is 12.3. The van der Waals surface area contributed by atoms with Crippen LogP contribution in [0.2, 0.25) is 0 Å². The first-order chi connectivity index (χ1) is 13.5. The standard InChI is InChI=1S/C18H27N5O5/c1-3-4-10-28-17-20-14-13(15(24)21-17)19-18(26)23(14)9-8-22-7-5-6-12(11-22)16(25)27-2/h12H,3-11H2,1-2H3,(H,19,26)(H,20,21,24). The van der Waals surface area contributed by atoms with Gasteiger partial charge in [-0.05, 0) is 25.8 Å². The first kappa shape index (κ1) is 20.1. The summed E-state index contributed by atoms with van der Waals surface area (Å²) in [6, 6.07) is 0.0509. The molecule has 1 atom stereocenters. The number of carbonyl (C=O) groups is 1. The smallest absolute Gasteiger partial charge is 0.327 e. The Bertz CT molecular complexity index is 877. The van der Waals surface area contributed by atoms with Crippen LogP contribution < -0.4 is 10.4 Å². The number of H-pyrrole nitrogens is 1. The SMILES string of the molecule is CCCCOc1nc(O)c2[nH]c(=O)n(CCN3CCCC(C(=O)OC)C3)c2n1. The topological polar surface area (TPSA) is 123 Å². The van der Waals surface area contributed by atoms with Crippen LogP contribution in [0, 0.1) is 5.92 Å². The molecule has 1 fully saturated rings. The number of imidazole rings is 1. The van der Waals surface area contributed by atoms with Gasteiger partial charge in [0.05, 0.1) is 19.6 Å². The van der Waals surface area contributed by atoms with Gasteiger partial charge in [-0.3, -0.25) is 14.3 Å². The molecule has 1 aliphatic heterocycles. The first-order valence-corrected chi connectivity index (χ1v) is 9.66. The number of piperidine rings is 1. The number of fused-ring (bicyclic) bond motifs is 1. The van der Waals surface area contributed by atoms with Crippen molar-refractivity contribution in [3.05, 3.63) is 10.5 Å². The Morgan fingerprint density at radius 3 is 2.93 bits per heavy atom. The number of rotatable bonds is 8. The van der Waals surface area contributed by atoms with Crippen LogP contribution in [0.3, 0.4) is 0 Å². The molecule has 2 aromatic heterocycles. The lowest BCUT2D eigenvalue weighted by molar-refractivity contribution is -0.147. The molecule has 0 spiro atoms. The van der Waals surface area contributed by atoms with E-state index >= 15 is 0 Å². The van der Waals surface area contributed by atoms with Crippen molar-refractivity contribution in [1.29, 1.82) is 0 Å². The van der Waals surface area contributed by atoms with E-state index in [0.717, 1.165) is 32.2 Å². The molecular formula is C18H27N5O5. The number of unbranched alkanes of at least 4 members (excludes halogenated alkanes) is 1. The first-order valence-electron chi connectivity index (χ1n) is 9.66. The van der Waals surface area contributed by atoms with Gasteiger partial charge >= 0.3 is 17.7 Å². The maximum atomic E-state index is 12.3. The van der Waals surface area contributed by atoms with Gasteiger partial charge in [0.2, 0.25) is 5.88 Å². The Morgan fingerprint density at radius 2 is 2.18 bits per heavy atom. The van der Waals surface area contributed by atoms with Crippen LogP contribution in [0.1, 0.15) is 32.6 Å². The van der Waals surface area contributed by atoms with Gasteiger partial charge < -0.3 is 19.5 Å². The van der Waals surface area contributed by atoms with Crippen LogP contribution in [0.4, 0.5) is 0 Å². The molecule has 2 N–H and O–H groups in total. The number of ether oxygens (including phenoxy) is 2. The summed E-state index contributed by atoms with van der Waals surface area (Å²) in [5.74, 6) is -0.639. The van der Waals surface area contributed by atoms with Gasteiger partial charge in [0.1, 0.15) is 5.52 Å². The minimum Gasteiger partial charge on any atom is -0.492 e. The molecule has 0 amide bonds. The zero-order valence-electron chi connectivity index (χ0n) is 16.3. The van der Waals surface area contributed by atoms with Crippen LogP contribution in [0.25, 0.3) is 11.2 Å². The van der Waals surface area contributed by atoms with E-state index in [0.29, 0.717) is 31.9 Å². The Kier molecular flexibility index (Phi) is 6.50. The molecule has 0 bridgehead atoms. The molecule has 1 saturated heterocycles. The molecule has 10 heteroatoms. The lowest BCUT2D eigenvalue weighted by Crippen LogP contribution is -2.41. The number of hydrogen-bond donors (Lipinski definition) is 2. The average molecular weight is 393 g/mol. The van der Waals surface area contributed by atoms with E-state index in [-0.39, 0.29) is 35.0 Å². The molecule has 28 heavy (non-hydrogen) atoms. The lowest BCUT2D eigenvalue weighted by atomic mass is 9.98. The molecule has 1 unspecified atom stereocenters. The summed E-state index contributed by atoms with van der Waals surface area (Å²) in [6.45, 7) is 4.90. The van der Waals surface area contributed by atoms with Crippen molar-refractivity contribution in [2.75, 3.05) is 33.4 Å². The highest BCUT2D eigenvalue weighted by molar-refractivity contribution is 5.76. The van der Waals surface area contributed by atoms with Crippen LogP contribution in [-0.4, -0.2) is 68.8 Å². The Labute approximate surface area is 162 Å². The van der Waals surface area contributed by atoms with Gasteiger partial charge in [0.15, 0.2) is 5.65 Å². The third kappa shape index (κ3) is 4.44. The van der Waals surface area contributed by atoms with E-state index in [1.807, 2.05) is 6.92 Å². The van der Waals surface area contributed by atoms with Crippen molar-refractivity contribution >= 4 is 17.1 Å². The number of aromatic hydroxyl groups is 1. The predicted octanol–water partition coefficient (Wildman–Crippen LogP) is 0.889. The average Bonchev–Trinajstić information content (AvgIpc) is 3.02. The second-order valence-electron chi connectivity index (χ2n) is 6.98. The summed E-state index contributed by atoms with van der Waals surface area (Å²) in [5, 5.41) is 10.1. The highest BCUT2D eigenvalue weighted by atomic mass is 16.5. The normalized spacial score (nSPS) is 17.7. The van der Waals surface area contributed by atoms with Gasteiger partial charge in [0.25, 0.3) is 0 Å². The number of aromatic nitrogens is 4. The monoisotopic (exact) mass is 393 g/mol. The van der Waals surface area contributed by atoms with Crippen LogP contribution in [-0.2, 0) is 16.1 Å². The van der Waals surface area contributed by atoms with Crippen molar-refractivity contribution in [3.63, 3.8) is 0 Å². The van der Waals surface area contributed by atoms with E-state index in [9.17, 15) is 14.7 Å². The number of likely N-dealkylation sites (tertiary alicyclic amines) is 1. The van der Waals surface area contributed by atoms with E-state index in [1.54, 1.807) is 0 Å². The molecule has 1 aliphatic rings. The predicted molar refractivity (Wildman–Crippen MR) is 101 cm³/mol. The fourth-order valence-electron chi connectivity index (χ4n) is 3.43. The Hall–Kier alpha value is -2.62. The van der Waals surface area contributed by atoms with Crippen molar-refractivity contribution in [2.24, 2.45) is 5.92 Å². The van der Waals surface area contributed by atoms with Crippen molar-refractivity contribution in [3.8, 4) is 11.9 Å². The van der Waals surface area contributed by atoms with Crippen LogP contribution >= 0.6 is 0 Å². The number of hydrogen-bond acceptors (Lipinski definition) is 8. The Balaban J connectivity index is 1.74. The fraction of sp³-hybridized carbons (Fsp3) is 0.667. The minimum atomic E-state index is -0.369. The largest absolute Gasteiger partial charge is 0.492 e. The van der Waals surface area contributed by atoms with Crippen LogP contribution in [0.15, 0.2) is 4.79 Å². The van der Waals surface area contributed by atoms with E-state index < -0.39 is 0 Å². The fourth-order valence-corrected chi connectivity index (χ4v) is 3.43. The summed E-state index contributed by atoms with van der Waals surface area (Å²) in [4.78, 5) is 37.1. The third-order valence-electron chi connectivity index (χ3n) is 4.99. The second-order valence-corrected chi connectivity index (χ2v) is 6.98. The summed E-state index contributed by atoms with van der Waals surface area (Å²) >= 11 is 0. The van der Waals surface area contributed by atoms with Gasteiger partial charge in [-0.2, -0.15) is 9.97 Å². The summed E-state index contributed by atoms with van der Waals surface area (Å²) in [6.07, 6.45) is 3.53. The zero-order chi connectivity index (χ0) is 20.1. The number of methoxy groups -OCH3 is 1. The van der Waals surface area contributed by atoms with Crippen molar-refractivity contribution < 1.29 is 19.4 Å². The van der Waals surface area contributed by atoms with E-state index in [4.69, 9.17) is 9.47 Å². The minimum absolute atomic E-state index is 0.0509. The van der Waals surface area contributed by atoms with Gasteiger partial charge in [-0.25, -0.2) is 4.79 Å². The highest BCUT2D eigenvalue weighted by Gasteiger charge is 2.26. The molecule has 10 nitrogen and oxygen atoms in total. The van der Waals surface area contributed by atoms with Crippen molar-refractivity contribution in [1.82, 2.24) is 24.4 Å². The van der Waals surface area contributed by atoms with Gasteiger partial charge in [0, 0.05) is 19.6 Å². The van der Waals surface area contributed by atoms with Gasteiger partial charge in [-0.1, -0.05) is 13.3 Å². The summed E-state index contributed by atoms with van der Waals surface area (Å²) in [5.41, 5.74) is 0.135. The van der Waals surface area contributed by atoms with E-state index in [1.165, 1.54) is 11.7 Å². The molecule has 3 heterocycles. The number of nitrogens with zero attached hydrogens (tertiary/aromatic N) is 4. The molecule has 0 aromatic carbocycles. The van der Waals surface area contributed by atoms with Crippen LogP contribution in [0.5, 0.6) is 11.9 Å². The zero-order valence-corrected chi connectivity index (χ0v) is 16.3. The number of nitrogens with one attached hydrogen (secondary N) is 1. The molecule has 0 saturated carbocycles. The van der Waals surface area contributed by atoms with Gasteiger partial charge in [-0.15, -0.1) is 0 Å². The molecule has 154 valence electrons. The molecule has 2 aromatic rings. The van der Waals surface area contributed by atoms with Crippen molar-refractivity contribution in [2.45, 2.75) is 39.2 Å². The molecule has 0 radical (unpaired) electrons. The van der Waals surface area contributed by atoms with E-state index in [2.05, 4.69) is 19.9 Å². The molecular weight excluding hydrogens is 366 g/mol. The number of carbonyl (C=O) groups excluding carboxylic acids is 1. The number of esters is 1. The second kappa shape index (κ2) is 9.05. The molecule has 3 rings (SSSR count). The highest BCUT2D eigenvalue weighted by Crippen LogP contribution is 2.22. The molecule has 0 aliphatic carbocycles. The summed E-state index contributed by atoms with van der Waals surface area (Å²) in [7, 11) is 1.40. The lowest BCUT2D eigenvalue weighted by Gasteiger charge is -2.31. The number of aromatic amines is 1. The quantitative estimate of drug-likeness (QED) is 0.501. The third-order valence-corrected chi connectivity index (χ3v) is 4.99. The Morgan fingerprint density at radius 1 is 1.36 bits per heavy atom.